The molecule has 2 rings (SSSR count). The fraction of sp³-hybridized carbons (Fsp3) is 1.00. The van der Waals surface area contributed by atoms with Crippen molar-refractivity contribution < 1.29 is 0 Å². The van der Waals surface area contributed by atoms with Crippen molar-refractivity contribution in [1.29, 1.82) is 0 Å². The zero-order valence-electron chi connectivity index (χ0n) is 10.8. The Bertz CT molecular complexity index is 187. The lowest BCUT2D eigenvalue weighted by atomic mass is 9.90. The van der Waals surface area contributed by atoms with E-state index < -0.39 is 0 Å². The van der Waals surface area contributed by atoms with Crippen molar-refractivity contribution in [3.8, 4) is 0 Å². The molecule has 1 aliphatic carbocycles. The third kappa shape index (κ3) is 3.74. The van der Waals surface area contributed by atoms with Crippen molar-refractivity contribution in [3.05, 3.63) is 0 Å². The summed E-state index contributed by atoms with van der Waals surface area (Å²) in [5.41, 5.74) is 0. The van der Waals surface area contributed by atoms with Crippen molar-refractivity contribution in [3.63, 3.8) is 0 Å². The minimum atomic E-state index is 0.737. The van der Waals surface area contributed by atoms with Gasteiger partial charge in [-0.2, -0.15) is 0 Å². The first-order valence-electron chi connectivity index (χ1n) is 7.35. The lowest BCUT2D eigenvalue weighted by molar-refractivity contribution is 0.271. The van der Waals surface area contributed by atoms with Gasteiger partial charge in [-0.3, -0.25) is 0 Å². The maximum Gasteiger partial charge on any atom is 0.0195 e. The fourth-order valence-corrected chi connectivity index (χ4v) is 3.24. The molecule has 2 heteroatoms. The van der Waals surface area contributed by atoms with Crippen molar-refractivity contribution in [2.75, 3.05) is 13.1 Å². The number of nitrogens with one attached hydrogen (secondary N) is 2. The van der Waals surface area contributed by atoms with Crippen LogP contribution in [-0.2, 0) is 0 Å². The normalized spacial score (nSPS) is 32.8. The Morgan fingerprint density at radius 1 is 1.12 bits per heavy atom. The summed E-state index contributed by atoms with van der Waals surface area (Å²) in [4.78, 5) is 0. The molecule has 2 fully saturated rings. The second-order valence-electron chi connectivity index (χ2n) is 5.69. The molecule has 1 saturated carbocycles. The van der Waals surface area contributed by atoms with E-state index in [2.05, 4.69) is 17.6 Å². The van der Waals surface area contributed by atoms with Crippen LogP contribution in [0.15, 0.2) is 0 Å². The Hall–Kier alpha value is -0.0800. The second-order valence-corrected chi connectivity index (χ2v) is 5.69. The molecule has 94 valence electrons. The summed E-state index contributed by atoms with van der Waals surface area (Å²) in [5.74, 6) is 0.972. The highest BCUT2D eigenvalue weighted by atomic mass is 15.0. The molecule has 1 saturated heterocycles. The maximum absolute atomic E-state index is 3.77. The van der Waals surface area contributed by atoms with Crippen molar-refractivity contribution >= 4 is 0 Å². The number of hydrogen-bond donors (Lipinski definition) is 2. The summed E-state index contributed by atoms with van der Waals surface area (Å²) in [6, 6.07) is 1.55. The molecule has 2 nitrogen and oxygen atoms in total. The molecule has 0 radical (unpaired) electrons. The van der Waals surface area contributed by atoms with E-state index in [1.807, 2.05) is 0 Å². The van der Waals surface area contributed by atoms with Crippen LogP contribution in [0.2, 0.25) is 0 Å². The smallest absolute Gasteiger partial charge is 0.0195 e. The zero-order valence-corrected chi connectivity index (χ0v) is 10.8. The van der Waals surface area contributed by atoms with Gasteiger partial charge in [-0.15, -0.1) is 0 Å². The second kappa shape index (κ2) is 6.61. The highest BCUT2D eigenvalue weighted by molar-refractivity contribution is 4.81. The average molecular weight is 224 g/mol. The van der Waals surface area contributed by atoms with Gasteiger partial charge in [0.2, 0.25) is 0 Å². The summed E-state index contributed by atoms with van der Waals surface area (Å²) >= 11 is 0. The van der Waals surface area contributed by atoms with E-state index in [1.165, 1.54) is 64.5 Å². The molecule has 0 bridgehead atoms. The molecule has 0 aromatic heterocycles. The Morgan fingerprint density at radius 2 is 1.94 bits per heavy atom. The Morgan fingerprint density at radius 3 is 2.69 bits per heavy atom. The van der Waals surface area contributed by atoms with E-state index in [-0.39, 0.29) is 0 Å². The lowest BCUT2D eigenvalue weighted by Crippen LogP contribution is -2.47. The molecule has 16 heavy (non-hydrogen) atoms. The van der Waals surface area contributed by atoms with Gasteiger partial charge in [0.1, 0.15) is 0 Å². The highest BCUT2D eigenvalue weighted by Gasteiger charge is 2.21. The van der Waals surface area contributed by atoms with Crippen LogP contribution in [0, 0.1) is 5.92 Å². The third-order valence-electron chi connectivity index (χ3n) is 4.44. The monoisotopic (exact) mass is 224 g/mol. The molecular formula is C14H28N2. The van der Waals surface area contributed by atoms with Crippen LogP contribution in [0.1, 0.15) is 58.3 Å². The summed E-state index contributed by atoms with van der Waals surface area (Å²) < 4.78 is 0. The van der Waals surface area contributed by atoms with Crippen LogP contribution >= 0.6 is 0 Å². The Balaban J connectivity index is 1.64. The first-order valence-corrected chi connectivity index (χ1v) is 7.35. The molecule has 1 aliphatic heterocycles. The van der Waals surface area contributed by atoms with Gasteiger partial charge in [-0.25, -0.2) is 0 Å². The molecule has 0 aromatic rings. The van der Waals surface area contributed by atoms with Crippen molar-refractivity contribution in [2.45, 2.75) is 70.4 Å². The third-order valence-corrected chi connectivity index (χ3v) is 4.44. The van der Waals surface area contributed by atoms with E-state index in [0.29, 0.717) is 0 Å². The summed E-state index contributed by atoms with van der Waals surface area (Å²) in [5, 5.41) is 7.43. The van der Waals surface area contributed by atoms with Crippen LogP contribution in [0.3, 0.4) is 0 Å². The highest BCUT2D eigenvalue weighted by Crippen LogP contribution is 2.20. The summed E-state index contributed by atoms with van der Waals surface area (Å²) in [6.07, 6.45) is 11.3. The Kier molecular flexibility index (Phi) is 5.11. The van der Waals surface area contributed by atoms with Crippen molar-refractivity contribution in [1.82, 2.24) is 10.6 Å². The van der Waals surface area contributed by atoms with E-state index >= 15 is 0 Å². The van der Waals surface area contributed by atoms with Gasteiger partial charge in [0.15, 0.2) is 0 Å². The van der Waals surface area contributed by atoms with E-state index in [9.17, 15) is 0 Å². The lowest BCUT2D eigenvalue weighted by Gasteiger charge is -2.32. The fourth-order valence-electron chi connectivity index (χ4n) is 3.24. The SMILES string of the molecule is CCC1CCNC(CNC2CCCCC2)C1. The van der Waals surface area contributed by atoms with E-state index in [0.717, 1.165) is 18.0 Å². The number of rotatable bonds is 4. The van der Waals surface area contributed by atoms with Gasteiger partial charge < -0.3 is 10.6 Å². The number of piperidine rings is 1. The number of hydrogen-bond acceptors (Lipinski definition) is 2. The first-order chi connectivity index (χ1) is 7.88. The Labute approximate surface area is 101 Å². The predicted octanol–water partition coefficient (Wildman–Crippen LogP) is 2.69. The summed E-state index contributed by atoms with van der Waals surface area (Å²) in [6.45, 7) is 4.76. The predicted molar refractivity (Wildman–Crippen MR) is 69.7 cm³/mol. The van der Waals surface area contributed by atoms with Crippen LogP contribution in [0.25, 0.3) is 0 Å². The maximum atomic E-state index is 3.77. The van der Waals surface area contributed by atoms with Crippen LogP contribution in [-0.4, -0.2) is 25.2 Å². The van der Waals surface area contributed by atoms with Crippen LogP contribution < -0.4 is 10.6 Å². The van der Waals surface area contributed by atoms with Crippen LogP contribution in [0.4, 0.5) is 0 Å². The standard InChI is InChI=1S/C14H28N2/c1-2-12-8-9-15-14(10-12)11-16-13-6-4-3-5-7-13/h12-16H,2-11H2,1H3. The topological polar surface area (TPSA) is 24.1 Å². The zero-order chi connectivity index (χ0) is 11.2. The van der Waals surface area contributed by atoms with Crippen LogP contribution in [0.5, 0.6) is 0 Å². The minimum absolute atomic E-state index is 0.737. The van der Waals surface area contributed by atoms with Gasteiger partial charge >= 0.3 is 0 Å². The van der Waals surface area contributed by atoms with Crippen molar-refractivity contribution in [2.24, 2.45) is 5.92 Å². The molecule has 2 atom stereocenters. The minimum Gasteiger partial charge on any atom is -0.313 e. The van der Waals surface area contributed by atoms with E-state index in [4.69, 9.17) is 0 Å². The molecule has 2 unspecified atom stereocenters. The largest absolute Gasteiger partial charge is 0.313 e. The molecular weight excluding hydrogens is 196 g/mol. The first kappa shape index (κ1) is 12.4. The summed E-state index contributed by atoms with van der Waals surface area (Å²) in [7, 11) is 0. The van der Waals surface area contributed by atoms with Gasteiger partial charge in [0, 0.05) is 18.6 Å². The van der Waals surface area contributed by atoms with Gasteiger partial charge in [0.25, 0.3) is 0 Å². The molecule has 0 spiro atoms. The average Bonchev–Trinajstić information content (AvgIpc) is 2.38. The van der Waals surface area contributed by atoms with Gasteiger partial charge in [0.05, 0.1) is 0 Å². The van der Waals surface area contributed by atoms with Gasteiger partial charge in [-0.05, 0) is 38.1 Å². The molecule has 2 N–H and O–H groups in total. The molecule has 2 aliphatic rings. The molecule has 1 heterocycles. The quantitative estimate of drug-likeness (QED) is 0.767. The molecule has 0 amide bonds. The molecule has 0 aromatic carbocycles. The van der Waals surface area contributed by atoms with Gasteiger partial charge in [-0.1, -0.05) is 32.6 Å². The van der Waals surface area contributed by atoms with E-state index in [1.54, 1.807) is 0 Å².